The number of nitrogens with zero attached hydrogens (tertiary/aromatic N) is 1. The van der Waals surface area contributed by atoms with E-state index in [0.29, 0.717) is 16.5 Å². The largest absolute Gasteiger partial charge is 0.484 e. The van der Waals surface area contributed by atoms with Gasteiger partial charge in [0.2, 0.25) is 5.89 Å². The van der Waals surface area contributed by atoms with Gasteiger partial charge in [-0.15, -0.1) is 0 Å². The molecule has 3 rings (SSSR count). The first kappa shape index (κ1) is 14.1. The Morgan fingerprint density at radius 1 is 1.29 bits per heavy atom. The number of nitrogens with one attached hydrogen (secondary N) is 1. The summed E-state index contributed by atoms with van der Waals surface area (Å²) >= 11 is 0. The molecule has 0 saturated carbocycles. The summed E-state index contributed by atoms with van der Waals surface area (Å²) in [6.07, 6.45) is 5.69. The molecule has 1 atom stereocenters. The molecule has 0 amide bonds. The van der Waals surface area contributed by atoms with E-state index < -0.39 is 9.73 Å². The van der Waals surface area contributed by atoms with E-state index in [4.69, 9.17) is 13.9 Å². The smallest absolute Gasteiger partial charge is 0.232 e. The number of aryl methyl sites for hydroxylation is 2. The first-order valence-electron chi connectivity index (χ1n) is 6.96. The van der Waals surface area contributed by atoms with Gasteiger partial charge in [0.25, 0.3) is 0 Å². The lowest BCUT2D eigenvalue weighted by atomic mass is 10.0. The summed E-state index contributed by atoms with van der Waals surface area (Å²) in [6, 6.07) is 6.75. The van der Waals surface area contributed by atoms with Crippen molar-refractivity contribution in [3.63, 3.8) is 0 Å². The van der Waals surface area contributed by atoms with E-state index in [1.54, 1.807) is 24.3 Å². The van der Waals surface area contributed by atoms with Gasteiger partial charge in [0.15, 0.2) is 6.61 Å². The molecule has 0 bridgehead atoms. The lowest BCUT2D eigenvalue weighted by molar-refractivity contribution is 0.258. The van der Waals surface area contributed by atoms with Crippen molar-refractivity contribution in [2.45, 2.75) is 37.2 Å². The van der Waals surface area contributed by atoms with Crippen LogP contribution in [-0.4, -0.2) is 15.4 Å². The lowest BCUT2D eigenvalue weighted by Crippen LogP contribution is -2.00. The van der Waals surface area contributed by atoms with Gasteiger partial charge in [-0.3, -0.25) is 0 Å². The molecule has 1 heterocycles. The van der Waals surface area contributed by atoms with Crippen LogP contribution in [0.1, 0.15) is 30.2 Å². The number of rotatable bonds is 4. The highest BCUT2D eigenvalue weighted by molar-refractivity contribution is 7.91. The van der Waals surface area contributed by atoms with Gasteiger partial charge in [0.1, 0.15) is 11.5 Å². The summed E-state index contributed by atoms with van der Waals surface area (Å²) in [7, 11) is -2.68. The third kappa shape index (κ3) is 3.26. The van der Waals surface area contributed by atoms with Crippen LogP contribution in [0, 0.1) is 4.78 Å². The summed E-state index contributed by atoms with van der Waals surface area (Å²) in [5.74, 6) is 2.25. The van der Waals surface area contributed by atoms with Crippen LogP contribution in [0.15, 0.2) is 33.6 Å². The van der Waals surface area contributed by atoms with E-state index >= 15 is 0 Å². The molecule has 1 unspecified atom stereocenters. The minimum Gasteiger partial charge on any atom is -0.484 e. The van der Waals surface area contributed by atoms with Crippen molar-refractivity contribution in [2.75, 3.05) is 6.26 Å². The van der Waals surface area contributed by atoms with Crippen molar-refractivity contribution in [3.8, 4) is 5.75 Å². The molecular formula is C15H18N2O3S. The standard InChI is InChI=1S/C15H18N2O3S/c1-21(16,18)12-8-6-11(7-9-12)19-10-15-17-13-4-2-3-5-14(13)20-15/h6-9,16H,2-5,10H2,1H3. The van der Waals surface area contributed by atoms with Gasteiger partial charge < -0.3 is 9.15 Å². The van der Waals surface area contributed by atoms with E-state index in [1.807, 2.05) is 0 Å². The summed E-state index contributed by atoms with van der Waals surface area (Å²) in [6.45, 7) is 0.286. The molecule has 0 saturated heterocycles. The first-order valence-corrected chi connectivity index (χ1v) is 8.93. The number of benzene rings is 1. The zero-order valence-corrected chi connectivity index (χ0v) is 12.7. The maximum Gasteiger partial charge on any atom is 0.232 e. The summed E-state index contributed by atoms with van der Waals surface area (Å²) in [5, 5.41) is 0. The third-order valence-corrected chi connectivity index (χ3v) is 4.70. The van der Waals surface area contributed by atoms with Crippen molar-refractivity contribution in [1.82, 2.24) is 4.98 Å². The van der Waals surface area contributed by atoms with Crippen LogP contribution < -0.4 is 4.74 Å². The normalized spacial score (nSPS) is 17.0. The molecule has 112 valence electrons. The predicted molar refractivity (Wildman–Crippen MR) is 79.0 cm³/mol. The molecule has 1 aliphatic carbocycles. The van der Waals surface area contributed by atoms with Crippen LogP contribution in [0.2, 0.25) is 0 Å². The molecule has 0 aliphatic heterocycles. The maximum absolute atomic E-state index is 11.6. The van der Waals surface area contributed by atoms with E-state index in [0.717, 1.165) is 30.7 Å². The molecule has 1 N–H and O–H groups in total. The molecule has 0 fully saturated rings. The van der Waals surface area contributed by atoms with Crippen LogP contribution in [-0.2, 0) is 29.2 Å². The summed E-state index contributed by atoms with van der Waals surface area (Å²) < 4.78 is 30.4. The van der Waals surface area contributed by atoms with E-state index in [9.17, 15) is 4.21 Å². The van der Waals surface area contributed by atoms with E-state index in [1.165, 1.54) is 12.7 Å². The molecule has 0 spiro atoms. The Morgan fingerprint density at radius 3 is 2.67 bits per heavy atom. The lowest BCUT2D eigenvalue weighted by Gasteiger charge is -2.05. The van der Waals surface area contributed by atoms with E-state index in [-0.39, 0.29) is 6.61 Å². The van der Waals surface area contributed by atoms with Gasteiger partial charge in [-0.1, -0.05) is 0 Å². The van der Waals surface area contributed by atoms with Gasteiger partial charge in [-0.05, 0) is 43.5 Å². The Kier molecular flexibility index (Phi) is 3.71. The fourth-order valence-electron chi connectivity index (χ4n) is 2.41. The second-order valence-corrected chi connectivity index (χ2v) is 7.45. The zero-order chi connectivity index (χ0) is 14.9. The van der Waals surface area contributed by atoms with Crippen molar-refractivity contribution in [2.24, 2.45) is 0 Å². The van der Waals surface area contributed by atoms with Crippen LogP contribution in [0.4, 0.5) is 0 Å². The van der Waals surface area contributed by atoms with Crippen LogP contribution in [0.5, 0.6) is 5.75 Å². The first-order chi connectivity index (χ1) is 10.0. The highest BCUT2D eigenvalue weighted by Crippen LogP contribution is 2.23. The third-order valence-electron chi connectivity index (χ3n) is 3.53. The van der Waals surface area contributed by atoms with Crippen molar-refractivity contribution in [1.29, 1.82) is 4.78 Å². The van der Waals surface area contributed by atoms with Gasteiger partial charge in [-0.2, -0.15) is 0 Å². The summed E-state index contributed by atoms with van der Waals surface area (Å²) in [5.41, 5.74) is 1.06. The Balaban J connectivity index is 1.66. The maximum atomic E-state index is 11.6. The Labute approximate surface area is 124 Å². The van der Waals surface area contributed by atoms with Crippen molar-refractivity contribution in [3.05, 3.63) is 41.6 Å². The minimum atomic E-state index is -2.68. The molecule has 2 aromatic rings. The van der Waals surface area contributed by atoms with Gasteiger partial charge in [0, 0.05) is 17.6 Å². The highest BCUT2D eigenvalue weighted by Gasteiger charge is 2.17. The number of hydrogen-bond acceptors (Lipinski definition) is 5. The number of fused-ring (bicyclic) bond motifs is 1. The van der Waals surface area contributed by atoms with Crippen LogP contribution >= 0.6 is 0 Å². The number of ether oxygens (including phenoxy) is 1. The second-order valence-electron chi connectivity index (χ2n) is 5.29. The predicted octanol–water partition coefficient (Wildman–Crippen LogP) is 3.17. The molecule has 1 aromatic heterocycles. The monoisotopic (exact) mass is 306 g/mol. The van der Waals surface area contributed by atoms with Gasteiger partial charge in [0.05, 0.1) is 15.4 Å². The van der Waals surface area contributed by atoms with E-state index in [2.05, 4.69) is 4.98 Å². The molecule has 1 aromatic carbocycles. The van der Waals surface area contributed by atoms with Crippen LogP contribution in [0.3, 0.4) is 0 Å². The van der Waals surface area contributed by atoms with Crippen LogP contribution in [0.25, 0.3) is 0 Å². The fraction of sp³-hybridized carbons (Fsp3) is 0.400. The molecule has 0 radical (unpaired) electrons. The Morgan fingerprint density at radius 2 is 2.00 bits per heavy atom. The Bertz CT molecular complexity index is 709. The fourth-order valence-corrected chi connectivity index (χ4v) is 3.06. The average molecular weight is 306 g/mol. The SMILES string of the molecule is CS(=N)(=O)c1ccc(OCc2nc3c(o2)CCCC3)cc1. The number of oxazole rings is 1. The molecule has 1 aliphatic rings. The van der Waals surface area contributed by atoms with Gasteiger partial charge in [-0.25, -0.2) is 14.0 Å². The molecule has 6 heteroatoms. The summed E-state index contributed by atoms with van der Waals surface area (Å²) in [4.78, 5) is 4.96. The molecule has 21 heavy (non-hydrogen) atoms. The number of aromatic nitrogens is 1. The Hall–Kier alpha value is -1.82. The highest BCUT2D eigenvalue weighted by atomic mass is 32.2. The minimum absolute atomic E-state index is 0.286. The van der Waals surface area contributed by atoms with Crippen molar-refractivity contribution < 1.29 is 13.4 Å². The van der Waals surface area contributed by atoms with Crippen molar-refractivity contribution >= 4 is 9.73 Å². The topological polar surface area (TPSA) is 76.2 Å². The number of hydrogen-bond donors (Lipinski definition) is 1. The second kappa shape index (κ2) is 5.52. The average Bonchev–Trinajstić information content (AvgIpc) is 2.87. The van der Waals surface area contributed by atoms with Gasteiger partial charge >= 0.3 is 0 Å². The quantitative estimate of drug-likeness (QED) is 0.941. The zero-order valence-electron chi connectivity index (χ0n) is 11.9. The molecule has 5 nitrogen and oxygen atoms in total. The molecular weight excluding hydrogens is 288 g/mol.